The summed E-state index contributed by atoms with van der Waals surface area (Å²) in [6.45, 7) is 5.24. The highest BCUT2D eigenvalue weighted by molar-refractivity contribution is 4.78. The Kier molecular flexibility index (Phi) is 3.30. The van der Waals surface area contributed by atoms with E-state index in [0.29, 0.717) is 0 Å². The smallest absolute Gasteiger partial charge is 0.0703 e. The van der Waals surface area contributed by atoms with E-state index in [-0.39, 0.29) is 12.1 Å². The van der Waals surface area contributed by atoms with Gasteiger partial charge < -0.3 is 15.7 Å². The molecular formula is C8H18N2O. The van der Waals surface area contributed by atoms with Crippen LogP contribution in [0.2, 0.25) is 0 Å². The van der Waals surface area contributed by atoms with Gasteiger partial charge in [0.25, 0.3) is 0 Å². The predicted molar refractivity (Wildman–Crippen MR) is 45.3 cm³/mol. The Balaban J connectivity index is 2.38. The summed E-state index contributed by atoms with van der Waals surface area (Å²) in [6, 6.07) is -0.00782. The zero-order valence-electron chi connectivity index (χ0n) is 7.16. The molecule has 1 aliphatic rings. The van der Waals surface area contributed by atoms with E-state index >= 15 is 0 Å². The molecule has 1 aliphatic heterocycles. The van der Waals surface area contributed by atoms with E-state index in [1.54, 1.807) is 0 Å². The van der Waals surface area contributed by atoms with Gasteiger partial charge in [0.15, 0.2) is 0 Å². The number of nitrogens with zero attached hydrogens (tertiary/aromatic N) is 1. The molecule has 0 spiro atoms. The molecule has 0 bridgehead atoms. The Hall–Kier alpha value is -0.120. The molecule has 0 amide bonds. The first-order chi connectivity index (χ1) is 5.24. The van der Waals surface area contributed by atoms with Gasteiger partial charge in [-0.25, -0.2) is 0 Å². The molecule has 1 saturated heterocycles. The lowest BCUT2D eigenvalue weighted by molar-refractivity contribution is 0.138. The van der Waals surface area contributed by atoms with Crippen molar-refractivity contribution in [1.82, 2.24) is 4.90 Å². The van der Waals surface area contributed by atoms with Crippen LogP contribution in [-0.2, 0) is 0 Å². The number of aliphatic hydroxyl groups is 1. The molecule has 1 fully saturated rings. The van der Waals surface area contributed by atoms with Crippen LogP contribution in [0.4, 0.5) is 0 Å². The predicted octanol–water partition coefficient (Wildman–Crippen LogP) is -0.210. The summed E-state index contributed by atoms with van der Waals surface area (Å²) in [5.41, 5.74) is 5.72. The van der Waals surface area contributed by atoms with Crippen LogP contribution >= 0.6 is 0 Å². The number of hydrogen-bond donors (Lipinski definition) is 2. The summed E-state index contributed by atoms with van der Waals surface area (Å²) < 4.78 is 0. The topological polar surface area (TPSA) is 49.5 Å². The first-order valence-corrected chi connectivity index (χ1v) is 4.40. The standard InChI is InChI=1S/C8H18N2O/c1-2-10-5-3-7(9)8(11)4-6-10/h7-8,11H,2-6,9H2,1H3. The van der Waals surface area contributed by atoms with Gasteiger partial charge >= 0.3 is 0 Å². The van der Waals surface area contributed by atoms with Crippen molar-refractivity contribution in [3.8, 4) is 0 Å². The molecule has 1 rings (SSSR count). The van der Waals surface area contributed by atoms with Crippen LogP contribution < -0.4 is 5.73 Å². The summed E-state index contributed by atoms with van der Waals surface area (Å²) in [4.78, 5) is 2.33. The highest BCUT2D eigenvalue weighted by Crippen LogP contribution is 2.09. The minimum Gasteiger partial charge on any atom is -0.391 e. The zero-order chi connectivity index (χ0) is 8.27. The molecule has 0 aromatic heterocycles. The molecule has 2 atom stereocenters. The van der Waals surface area contributed by atoms with Crippen LogP contribution in [0.25, 0.3) is 0 Å². The third-order valence-electron chi connectivity index (χ3n) is 2.46. The third-order valence-corrected chi connectivity index (χ3v) is 2.46. The Bertz CT molecular complexity index is 107. The summed E-state index contributed by atoms with van der Waals surface area (Å²) in [5, 5.41) is 9.42. The van der Waals surface area contributed by atoms with Crippen molar-refractivity contribution in [2.75, 3.05) is 19.6 Å². The number of hydrogen-bond acceptors (Lipinski definition) is 3. The second-order valence-corrected chi connectivity index (χ2v) is 3.24. The van der Waals surface area contributed by atoms with Gasteiger partial charge in [-0.3, -0.25) is 0 Å². The molecule has 11 heavy (non-hydrogen) atoms. The Morgan fingerprint density at radius 3 is 2.73 bits per heavy atom. The normalized spacial score (nSPS) is 35.2. The Morgan fingerprint density at radius 1 is 1.45 bits per heavy atom. The lowest BCUT2D eigenvalue weighted by Gasteiger charge is -2.16. The fourth-order valence-electron chi connectivity index (χ4n) is 1.48. The summed E-state index contributed by atoms with van der Waals surface area (Å²) in [5.74, 6) is 0. The second-order valence-electron chi connectivity index (χ2n) is 3.24. The van der Waals surface area contributed by atoms with Crippen molar-refractivity contribution in [2.24, 2.45) is 5.73 Å². The second kappa shape index (κ2) is 4.04. The molecule has 3 nitrogen and oxygen atoms in total. The van der Waals surface area contributed by atoms with E-state index in [0.717, 1.165) is 32.5 Å². The van der Waals surface area contributed by atoms with Crippen LogP contribution in [0.15, 0.2) is 0 Å². The Morgan fingerprint density at radius 2 is 2.09 bits per heavy atom. The molecule has 0 aliphatic carbocycles. The van der Waals surface area contributed by atoms with Crippen molar-refractivity contribution < 1.29 is 5.11 Å². The first-order valence-electron chi connectivity index (χ1n) is 4.40. The van der Waals surface area contributed by atoms with Gasteiger partial charge in [0.1, 0.15) is 0 Å². The molecule has 0 saturated carbocycles. The van der Waals surface area contributed by atoms with Crippen LogP contribution in [-0.4, -0.2) is 41.8 Å². The molecule has 3 N–H and O–H groups in total. The molecule has 0 aromatic rings. The third kappa shape index (κ3) is 2.43. The van der Waals surface area contributed by atoms with E-state index in [2.05, 4.69) is 11.8 Å². The largest absolute Gasteiger partial charge is 0.391 e. The highest BCUT2D eigenvalue weighted by Gasteiger charge is 2.20. The molecule has 66 valence electrons. The van der Waals surface area contributed by atoms with Crippen molar-refractivity contribution >= 4 is 0 Å². The monoisotopic (exact) mass is 158 g/mol. The van der Waals surface area contributed by atoms with E-state index in [9.17, 15) is 5.11 Å². The number of nitrogens with two attached hydrogens (primary N) is 1. The van der Waals surface area contributed by atoms with E-state index in [1.165, 1.54) is 0 Å². The minimum absolute atomic E-state index is 0.00782. The maximum atomic E-state index is 9.42. The molecule has 2 unspecified atom stereocenters. The summed E-state index contributed by atoms with van der Waals surface area (Å²) in [6.07, 6.45) is 1.47. The van der Waals surface area contributed by atoms with E-state index in [1.807, 2.05) is 0 Å². The quantitative estimate of drug-likeness (QED) is 0.555. The van der Waals surface area contributed by atoms with Gasteiger partial charge in [-0.1, -0.05) is 6.92 Å². The van der Waals surface area contributed by atoms with Gasteiger partial charge in [-0.15, -0.1) is 0 Å². The lowest BCUT2D eigenvalue weighted by Crippen LogP contribution is -2.34. The van der Waals surface area contributed by atoms with Gasteiger partial charge in [0, 0.05) is 12.6 Å². The molecule has 3 heteroatoms. The van der Waals surface area contributed by atoms with Crippen molar-refractivity contribution in [3.05, 3.63) is 0 Å². The lowest BCUT2D eigenvalue weighted by atomic mass is 10.1. The Labute approximate surface area is 68.2 Å². The highest BCUT2D eigenvalue weighted by atomic mass is 16.3. The van der Waals surface area contributed by atoms with Gasteiger partial charge in [-0.05, 0) is 25.9 Å². The molecular weight excluding hydrogens is 140 g/mol. The van der Waals surface area contributed by atoms with Crippen molar-refractivity contribution in [2.45, 2.75) is 31.9 Å². The SMILES string of the molecule is CCN1CCC(N)C(O)CC1. The maximum Gasteiger partial charge on any atom is 0.0703 e. The van der Waals surface area contributed by atoms with Crippen molar-refractivity contribution in [3.63, 3.8) is 0 Å². The van der Waals surface area contributed by atoms with Gasteiger partial charge in [-0.2, -0.15) is 0 Å². The van der Waals surface area contributed by atoms with Crippen LogP contribution in [0.3, 0.4) is 0 Å². The number of likely N-dealkylation sites (tertiary alicyclic amines) is 1. The van der Waals surface area contributed by atoms with Gasteiger partial charge in [0.05, 0.1) is 6.10 Å². The molecule has 0 aromatic carbocycles. The fraction of sp³-hybridized carbons (Fsp3) is 1.00. The number of rotatable bonds is 1. The van der Waals surface area contributed by atoms with Gasteiger partial charge in [0.2, 0.25) is 0 Å². The molecule has 0 radical (unpaired) electrons. The van der Waals surface area contributed by atoms with Crippen LogP contribution in [0.5, 0.6) is 0 Å². The minimum atomic E-state index is -0.286. The maximum absolute atomic E-state index is 9.42. The average molecular weight is 158 g/mol. The van der Waals surface area contributed by atoms with Crippen LogP contribution in [0.1, 0.15) is 19.8 Å². The van der Waals surface area contributed by atoms with Crippen molar-refractivity contribution in [1.29, 1.82) is 0 Å². The zero-order valence-corrected chi connectivity index (χ0v) is 7.16. The van der Waals surface area contributed by atoms with E-state index in [4.69, 9.17) is 5.73 Å². The van der Waals surface area contributed by atoms with Crippen LogP contribution in [0, 0.1) is 0 Å². The first kappa shape index (κ1) is 8.97. The summed E-state index contributed by atoms with van der Waals surface area (Å²) in [7, 11) is 0. The fourth-order valence-corrected chi connectivity index (χ4v) is 1.48. The van der Waals surface area contributed by atoms with E-state index < -0.39 is 0 Å². The summed E-state index contributed by atoms with van der Waals surface area (Å²) >= 11 is 0. The number of aliphatic hydroxyl groups excluding tert-OH is 1. The molecule has 1 heterocycles. The average Bonchev–Trinajstić information content (AvgIpc) is 2.16.